The second-order valence-corrected chi connectivity index (χ2v) is 3.50. The summed E-state index contributed by atoms with van der Waals surface area (Å²) in [6, 6.07) is 0. The maximum atomic E-state index is 5.99. The third-order valence-electron chi connectivity index (χ3n) is 1.94. The van der Waals surface area contributed by atoms with Crippen molar-refractivity contribution >= 4 is 11.6 Å². The molecule has 1 rings (SSSR count). The molecule has 0 N–H and O–H groups in total. The quantitative estimate of drug-likeness (QED) is 0.546. The molecule has 1 aliphatic carbocycles. The fourth-order valence-electron chi connectivity index (χ4n) is 1.21. The van der Waals surface area contributed by atoms with Gasteiger partial charge in [-0.1, -0.05) is 37.6 Å². The maximum Gasteiger partial charge on any atom is 0.0217 e. The zero-order valence-corrected chi connectivity index (χ0v) is 7.23. The van der Waals surface area contributed by atoms with Crippen molar-refractivity contribution in [1.82, 2.24) is 0 Å². The van der Waals surface area contributed by atoms with Crippen LogP contribution in [-0.2, 0) is 0 Å². The highest BCUT2D eigenvalue weighted by Gasteiger charge is 2.16. The second-order valence-electron chi connectivity index (χ2n) is 3.07. The molecule has 0 heterocycles. The Morgan fingerprint density at radius 2 is 2.30 bits per heavy atom. The van der Waals surface area contributed by atoms with E-state index in [1.165, 1.54) is 0 Å². The molecule has 0 aliphatic heterocycles. The van der Waals surface area contributed by atoms with E-state index in [1.54, 1.807) is 0 Å². The molecular formula is C9H13Cl. The van der Waals surface area contributed by atoms with Gasteiger partial charge in [0.2, 0.25) is 0 Å². The number of halogens is 1. The normalized spacial score (nSPS) is 25.2. The summed E-state index contributed by atoms with van der Waals surface area (Å²) in [5, 5.41) is 1.01. The van der Waals surface area contributed by atoms with Crippen molar-refractivity contribution < 1.29 is 0 Å². The Labute approximate surface area is 67.6 Å². The fourth-order valence-corrected chi connectivity index (χ4v) is 1.63. The van der Waals surface area contributed by atoms with E-state index in [0.29, 0.717) is 11.8 Å². The Hall–Kier alpha value is -0.230. The number of rotatable bonds is 1. The third kappa shape index (κ3) is 1.63. The predicted molar refractivity (Wildman–Crippen MR) is 46.0 cm³/mol. The summed E-state index contributed by atoms with van der Waals surface area (Å²) < 4.78 is 0. The predicted octanol–water partition coefficient (Wildman–Crippen LogP) is 3.34. The lowest BCUT2D eigenvalue weighted by Gasteiger charge is -2.20. The van der Waals surface area contributed by atoms with Gasteiger partial charge >= 0.3 is 0 Å². The summed E-state index contributed by atoms with van der Waals surface area (Å²) in [6.45, 7) is 4.42. The summed E-state index contributed by atoms with van der Waals surface area (Å²) in [6.07, 6.45) is 7.31. The Bertz CT molecular complexity index is 166. The molecule has 1 unspecified atom stereocenters. The third-order valence-corrected chi connectivity index (χ3v) is 2.35. The average Bonchev–Trinajstić information content (AvgIpc) is 1.88. The van der Waals surface area contributed by atoms with Gasteiger partial charge in [0.15, 0.2) is 0 Å². The molecule has 1 atom stereocenters. The van der Waals surface area contributed by atoms with Gasteiger partial charge in [0.05, 0.1) is 0 Å². The van der Waals surface area contributed by atoms with Crippen molar-refractivity contribution in [2.75, 3.05) is 0 Å². The molecule has 0 aromatic heterocycles. The lowest BCUT2D eigenvalue weighted by molar-refractivity contribution is 0.459. The van der Waals surface area contributed by atoms with E-state index < -0.39 is 0 Å². The van der Waals surface area contributed by atoms with Crippen molar-refractivity contribution in [3.63, 3.8) is 0 Å². The van der Waals surface area contributed by atoms with Crippen molar-refractivity contribution in [3.05, 3.63) is 23.3 Å². The summed E-state index contributed by atoms with van der Waals surface area (Å²) >= 11 is 5.99. The fraction of sp³-hybridized carbons (Fsp3) is 0.556. The van der Waals surface area contributed by atoms with E-state index in [0.717, 1.165) is 11.5 Å². The molecule has 0 radical (unpaired) electrons. The SMILES string of the molecule is CC(C)C1CC=CC=C1Cl. The lowest BCUT2D eigenvalue weighted by Crippen LogP contribution is -2.09. The molecule has 1 heteroatoms. The van der Waals surface area contributed by atoms with E-state index in [2.05, 4.69) is 19.9 Å². The smallest absolute Gasteiger partial charge is 0.0217 e. The van der Waals surface area contributed by atoms with Crippen molar-refractivity contribution in [1.29, 1.82) is 0 Å². The van der Waals surface area contributed by atoms with Crippen LogP contribution in [0.3, 0.4) is 0 Å². The number of allylic oxidation sites excluding steroid dienone is 4. The van der Waals surface area contributed by atoms with Gasteiger partial charge in [-0.05, 0) is 18.4 Å². The standard InChI is InChI=1S/C9H13Cl/c1-7(2)8-5-3-4-6-9(8)10/h3-4,6-8H,5H2,1-2H3. The van der Waals surface area contributed by atoms with Crippen LogP contribution in [0.1, 0.15) is 20.3 Å². The summed E-state index contributed by atoms with van der Waals surface area (Å²) in [4.78, 5) is 0. The van der Waals surface area contributed by atoms with Crippen LogP contribution in [0.5, 0.6) is 0 Å². The van der Waals surface area contributed by atoms with Gasteiger partial charge in [-0.2, -0.15) is 0 Å². The molecule has 0 saturated carbocycles. The van der Waals surface area contributed by atoms with Crippen LogP contribution in [0.15, 0.2) is 23.3 Å². The molecule has 0 bridgehead atoms. The van der Waals surface area contributed by atoms with E-state index in [4.69, 9.17) is 11.6 Å². The van der Waals surface area contributed by atoms with Crippen molar-refractivity contribution in [3.8, 4) is 0 Å². The molecular weight excluding hydrogens is 144 g/mol. The summed E-state index contributed by atoms with van der Waals surface area (Å²) in [5.74, 6) is 1.22. The van der Waals surface area contributed by atoms with Gasteiger partial charge < -0.3 is 0 Å². The van der Waals surface area contributed by atoms with Crippen molar-refractivity contribution in [2.24, 2.45) is 11.8 Å². The Kier molecular flexibility index (Phi) is 2.56. The lowest BCUT2D eigenvalue weighted by atomic mass is 9.89. The molecule has 0 spiro atoms. The minimum Gasteiger partial charge on any atom is -0.0888 e. The van der Waals surface area contributed by atoms with Crippen LogP contribution < -0.4 is 0 Å². The van der Waals surface area contributed by atoms with E-state index in [-0.39, 0.29) is 0 Å². The first-order valence-electron chi connectivity index (χ1n) is 3.74. The largest absolute Gasteiger partial charge is 0.0888 e. The van der Waals surface area contributed by atoms with Crippen LogP contribution in [0, 0.1) is 11.8 Å². The molecule has 56 valence electrons. The van der Waals surface area contributed by atoms with Crippen LogP contribution >= 0.6 is 11.6 Å². The van der Waals surface area contributed by atoms with Gasteiger partial charge in [0.1, 0.15) is 0 Å². The van der Waals surface area contributed by atoms with Crippen LogP contribution in [0.25, 0.3) is 0 Å². The van der Waals surface area contributed by atoms with E-state index >= 15 is 0 Å². The van der Waals surface area contributed by atoms with Gasteiger partial charge in [0.25, 0.3) is 0 Å². The molecule has 1 aliphatic rings. The van der Waals surface area contributed by atoms with E-state index in [1.807, 2.05) is 12.2 Å². The first kappa shape index (κ1) is 7.87. The van der Waals surface area contributed by atoms with Gasteiger partial charge in [-0.15, -0.1) is 0 Å². The van der Waals surface area contributed by atoms with Gasteiger partial charge in [-0.3, -0.25) is 0 Å². The number of hydrogen-bond donors (Lipinski definition) is 0. The van der Waals surface area contributed by atoms with Gasteiger partial charge in [-0.25, -0.2) is 0 Å². The number of hydrogen-bond acceptors (Lipinski definition) is 0. The molecule has 0 fully saturated rings. The van der Waals surface area contributed by atoms with Crippen molar-refractivity contribution in [2.45, 2.75) is 20.3 Å². The zero-order valence-electron chi connectivity index (χ0n) is 6.47. The minimum atomic E-state index is 0.562. The Balaban J connectivity index is 2.64. The highest BCUT2D eigenvalue weighted by molar-refractivity contribution is 6.30. The van der Waals surface area contributed by atoms with Gasteiger partial charge in [0, 0.05) is 11.0 Å². The average molecular weight is 157 g/mol. The molecule has 0 aromatic rings. The molecule has 10 heavy (non-hydrogen) atoms. The van der Waals surface area contributed by atoms with Crippen LogP contribution in [-0.4, -0.2) is 0 Å². The summed E-state index contributed by atoms with van der Waals surface area (Å²) in [5.41, 5.74) is 0. The Morgan fingerprint density at radius 1 is 1.60 bits per heavy atom. The zero-order chi connectivity index (χ0) is 7.56. The maximum absolute atomic E-state index is 5.99. The topological polar surface area (TPSA) is 0 Å². The first-order chi connectivity index (χ1) is 4.72. The molecule has 0 amide bonds. The second kappa shape index (κ2) is 3.25. The van der Waals surface area contributed by atoms with Crippen LogP contribution in [0.4, 0.5) is 0 Å². The summed E-state index contributed by atoms with van der Waals surface area (Å²) in [7, 11) is 0. The monoisotopic (exact) mass is 156 g/mol. The van der Waals surface area contributed by atoms with E-state index in [9.17, 15) is 0 Å². The first-order valence-corrected chi connectivity index (χ1v) is 4.12. The minimum absolute atomic E-state index is 0.562. The Morgan fingerprint density at radius 3 is 2.70 bits per heavy atom. The van der Waals surface area contributed by atoms with Crippen LogP contribution in [0.2, 0.25) is 0 Å². The highest BCUT2D eigenvalue weighted by Crippen LogP contribution is 2.29. The molecule has 0 aromatic carbocycles. The molecule has 0 nitrogen and oxygen atoms in total. The molecule has 0 saturated heterocycles. The highest BCUT2D eigenvalue weighted by atomic mass is 35.5.